The molecule has 0 aromatic heterocycles. The smallest absolute Gasteiger partial charge is 0.416 e. The number of fused-ring (bicyclic) bond motifs is 2. The van der Waals surface area contributed by atoms with E-state index in [-0.39, 0.29) is 12.0 Å². The van der Waals surface area contributed by atoms with Crippen molar-refractivity contribution in [2.75, 3.05) is 13.7 Å². The van der Waals surface area contributed by atoms with Crippen molar-refractivity contribution in [3.63, 3.8) is 0 Å². The molecule has 0 spiro atoms. The van der Waals surface area contributed by atoms with E-state index in [0.717, 1.165) is 16.8 Å². The summed E-state index contributed by atoms with van der Waals surface area (Å²) in [5.74, 6) is 0.504. The molecular weight excluding hydrogens is 443 g/mol. The molecule has 2 aromatic carbocycles. The number of ether oxygens (including phenoxy) is 2. The quantitative estimate of drug-likeness (QED) is 0.637. The summed E-state index contributed by atoms with van der Waals surface area (Å²) in [5, 5.41) is 4.20. The predicted molar refractivity (Wildman–Crippen MR) is 125 cm³/mol. The number of nitrogens with zero attached hydrogens (tertiary/aromatic N) is 1. The average molecular weight is 467 g/mol. The van der Waals surface area contributed by atoms with Crippen LogP contribution in [0.3, 0.4) is 0 Å². The fourth-order valence-electron chi connectivity index (χ4n) is 4.78. The van der Waals surface area contributed by atoms with E-state index in [0.29, 0.717) is 35.1 Å². The second-order valence-corrected chi connectivity index (χ2v) is 8.90. The number of methoxy groups -OCH3 is 1. The Morgan fingerprint density at radius 3 is 2.67 bits per heavy atom. The molecule has 5 nitrogen and oxygen atoms in total. The van der Waals surface area contributed by atoms with Gasteiger partial charge < -0.3 is 14.8 Å². The van der Waals surface area contributed by atoms with Crippen LogP contribution in [-0.4, -0.2) is 30.7 Å². The Kier molecular flexibility index (Phi) is 5.62. The Hall–Kier alpha value is -3.25. The normalized spacial score (nSPS) is 23.5. The molecule has 1 amide bonds. The third-order valence-electron chi connectivity index (χ3n) is 6.43. The van der Waals surface area contributed by atoms with Crippen molar-refractivity contribution in [2.45, 2.75) is 25.4 Å². The van der Waals surface area contributed by atoms with Gasteiger partial charge in [-0.05, 0) is 49.3 Å². The molecule has 2 aliphatic heterocycles. The third-order valence-corrected chi connectivity index (χ3v) is 6.68. The van der Waals surface area contributed by atoms with Gasteiger partial charge >= 0.3 is 6.09 Å². The van der Waals surface area contributed by atoms with E-state index in [9.17, 15) is 4.79 Å². The monoisotopic (exact) mass is 466 g/mol. The van der Waals surface area contributed by atoms with Crippen molar-refractivity contribution in [3.05, 3.63) is 93.9 Å². The largest absolute Gasteiger partial charge is 0.497 e. The van der Waals surface area contributed by atoms with Crippen molar-refractivity contribution in [3.8, 4) is 11.5 Å². The highest BCUT2D eigenvalue weighted by molar-refractivity contribution is 6.31. The molecule has 3 atom stereocenters. The highest BCUT2D eigenvalue weighted by Gasteiger charge is 2.44. The van der Waals surface area contributed by atoms with Gasteiger partial charge in [-0.2, -0.15) is 0 Å². The number of carbonyl (C=O) groups is 1. The summed E-state index contributed by atoms with van der Waals surface area (Å²) in [6, 6.07) is 11.4. The molecule has 170 valence electrons. The summed E-state index contributed by atoms with van der Waals surface area (Å²) in [6.45, 7) is 2.37. The van der Waals surface area contributed by atoms with Gasteiger partial charge in [0.05, 0.1) is 13.2 Å². The molecular formula is C26H24ClFN2O3. The number of allylic oxidation sites excluding steroid dienone is 2. The van der Waals surface area contributed by atoms with Gasteiger partial charge in [0.1, 0.15) is 23.4 Å². The van der Waals surface area contributed by atoms with Crippen molar-refractivity contribution < 1.29 is 18.7 Å². The van der Waals surface area contributed by atoms with Crippen LogP contribution in [0.4, 0.5) is 9.18 Å². The van der Waals surface area contributed by atoms with Gasteiger partial charge in [0.25, 0.3) is 0 Å². The second kappa shape index (κ2) is 8.60. The Bertz CT molecular complexity index is 1190. The van der Waals surface area contributed by atoms with Crippen LogP contribution in [0.2, 0.25) is 0 Å². The maximum absolute atomic E-state index is 15.3. The van der Waals surface area contributed by atoms with Crippen LogP contribution >= 0.6 is 11.6 Å². The summed E-state index contributed by atoms with van der Waals surface area (Å²) in [5.41, 5.74) is 3.42. The molecule has 3 aliphatic rings. The topological polar surface area (TPSA) is 50.8 Å². The number of carbonyl (C=O) groups excluding carboxylic acids is 1. The lowest BCUT2D eigenvalue weighted by Crippen LogP contribution is -2.43. The van der Waals surface area contributed by atoms with Crippen molar-refractivity contribution in [1.29, 1.82) is 0 Å². The first-order chi connectivity index (χ1) is 15.9. The number of hydrogen-bond donors (Lipinski definition) is 1. The number of hydrogen-bond acceptors (Lipinski definition) is 4. The van der Waals surface area contributed by atoms with Crippen LogP contribution in [0, 0.1) is 18.7 Å². The van der Waals surface area contributed by atoms with Crippen molar-refractivity contribution in [2.24, 2.45) is 5.92 Å². The van der Waals surface area contributed by atoms with Crippen LogP contribution in [-0.2, 0) is 0 Å². The lowest BCUT2D eigenvalue weighted by Gasteiger charge is -2.37. The molecule has 3 unspecified atom stereocenters. The SMILES string of the molecule is COc1ccc(C2C3=C(CCN2C(=O)Oc2ccc(C)cc2)C2C=C(Cl)C=CC2N3)c(F)c1. The molecule has 33 heavy (non-hydrogen) atoms. The Labute approximate surface area is 197 Å². The van der Waals surface area contributed by atoms with Crippen LogP contribution < -0.4 is 14.8 Å². The lowest BCUT2D eigenvalue weighted by molar-refractivity contribution is 0.133. The van der Waals surface area contributed by atoms with Gasteiger partial charge in [-0.25, -0.2) is 9.18 Å². The Balaban J connectivity index is 1.54. The number of nitrogens with one attached hydrogen (secondary N) is 1. The number of halogens is 2. The maximum Gasteiger partial charge on any atom is 0.416 e. The van der Waals surface area contributed by atoms with Gasteiger partial charge in [0.15, 0.2) is 0 Å². The van der Waals surface area contributed by atoms with E-state index in [1.54, 1.807) is 29.2 Å². The highest BCUT2D eigenvalue weighted by Crippen LogP contribution is 2.45. The molecule has 2 heterocycles. The fourth-order valence-corrected chi connectivity index (χ4v) is 4.99. The average Bonchev–Trinajstić information content (AvgIpc) is 3.18. The number of amides is 1. The van der Waals surface area contributed by atoms with E-state index >= 15 is 4.39 Å². The van der Waals surface area contributed by atoms with Gasteiger partial charge in [0, 0.05) is 34.8 Å². The predicted octanol–water partition coefficient (Wildman–Crippen LogP) is 5.62. The van der Waals surface area contributed by atoms with Crippen molar-refractivity contribution in [1.82, 2.24) is 10.2 Å². The van der Waals surface area contributed by atoms with Crippen LogP contribution in [0.25, 0.3) is 0 Å². The summed E-state index contributed by atoms with van der Waals surface area (Å²) >= 11 is 6.27. The maximum atomic E-state index is 15.3. The van der Waals surface area contributed by atoms with E-state index in [1.165, 1.54) is 13.2 Å². The molecule has 1 N–H and O–H groups in total. The molecule has 0 saturated carbocycles. The standard InChI is InChI=1S/C26H24ClFN2O3/c1-15-3-6-17(7-4-15)33-26(31)30-12-11-19-21-13-16(27)5-10-23(21)29-24(19)25(30)20-9-8-18(32-2)14-22(20)28/h3-10,13-14,21,23,25,29H,11-12H2,1-2H3. The number of rotatable bonds is 3. The highest BCUT2D eigenvalue weighted by atomic mass is 35.5. The number of aryl methyl sites for hydroxylation is 1. The zero-order valence-electron chi connectivity index (χ0n) is 18.3. The molecule has 5 rings (SSSR count). The molecule has 0 saturated heterocycles. The van der Waals surface area contributed by atoms with Crippen LogP contribution in [0.1, 0.15) is 23.6 Å². The minimum absolute atomic E-state index is 0.0226. The van der Waals surface area contributed by atoms with Crippen LogP contribution in [0.15, 0.2) is 77.0 Å². The molecule has 7 heteroatoms. The number of benzene rings is 2. The first kappa shape index (κ1) is 21.6. The van der Waals surface area contributed by atoms with E-state index < -0.39 is 18.0 Å². The molecule has 0 radical (unpaired) electrons. The molecule has 0 bridgehead atoms. The van der Waals surface area contributed by atoms with Gasteiger partial charge in [-0.1, -0.05) is 41.4 Å². The zero-order chi connectivity index (χ0) is 23.1. The first-order valence-corrected chi connectivity index (χ1v) is 11.3. The Morgan fingerprint density at radius 1 is 1.18 bits per heavy atom. The summed E-state index contributed by atoms with van der Waals surface area (Å²) in [7, 11) is 1.49. The minimum atomic E-state index is -0.649. The van der Waals surface area contributed by atoms with Crippen molar-refractivity contribution >= 4 is 17.7 Å². The minimum Gasteiger partial charge on any atom is -0.497 e. The fraction of sp³-hybridized carbons (Fsp3) is 0.269. The summed E-state index contributed by atoms with van der Waals surface area (Å²) < 4.78 is 26.1. The van der Waals surface area contributed by atoms with Gasteiger partial charge in [0.2, 0.25) is 0 Å². The lowest BCUT2D eigenvalue weighted by atomic mass is 9.85. The Morgan fingerprint density at radius 2 is 1.94 bits per heavy atom. The summed E-state index contributed by atoms with van der Waals surface area (Å²) in [6.07, 6.45) is 6.02. The van der Waals surface area contributed by atoms with E-state index in [4.69, 9.17) is 21.1 Å². The molecule has 2 aromatic rings. The van der Waals surface area contributed by atoms with Gasteiger partial charge in [-0.3, -0.25) is 4.90 Å². The van der Waals surface area contributed by atoms with Gasteiger partial charge in [-0.15, -0.1) is 0 Å². The second-order valence-electron chi connectivity index (χ2n) is 8.46. The first-order valence-electron chi connectivity index (χ1n) is 10.9. The third kappa shape index (κ3) is 4.00. The molecule has 0 fully saturated rings. The zero-order valence-corrected chi connectivity index (χ0v) is 19.1. The van der Waals surface area contributed by atoms with E-state index in [2.05, 4.69) is 5.32 Å². The summed E-state index contributed by atoms with van der Waals surface area (Å²) in [4.78, 5) is 14.9. The van der Waals surface area contributed by atoms with E-state index in [1.807, 2.05) is 37.3 Å². The van der Waals surface area contributed by atoms with Crippen LogP contribution in [0.5, 0.6) is 11.5 Å². The molecule has 1 aliphatic carbocycles.